The monoisotopic (exact) mass is 349 g/mol. The quantitative estimate of drug-likeness (QED) is 0.535. The van der Waals surface area contributed by atoms with E-state index < -0.39 is 5.41 Å². The zero-order valence-corrected chi connectivity index (χ0v) is 15.7. The number of amides is 2. The molecule has 0 saturated heterocycles. The first-order valence-corrected chi connectivity index (χ1v) is 8.65. The molecule has 3 N–H and O–H groups in total. The normalized spacial score (nSPS) is 10.8. The Hall–Kier alpha value is -1.95. The largest absolute Gasteiger partial charge is 0.332 e. The van der Waals surface area contributed by atoms with E-state index in [2.05, 4.69) is 22.9 Å². The van der Waals surface area contributed by atoms with Gasteiger partial charge >= 0.3 is 0 Å². The molecule has 6 heteroatoms. The van der Waals surface area contributed by atoms with Crippen molar-refractivity contribution in [2.75, 3.05) is 10.6 Å². The molecule has 0 bridgehead atoms. The van der Waals surface area contributed by atoms with E-state index >= 15 is 0 Å². The lowest BCUT2D eigenvalue weighted by Crippen LogP contribution is -2.34. The molecule has 1 rings (SSSR count). The van der Waals surface area contributed by atoms with Gasteiger partial charge in [-0.15, -0.1) is 0 Å². The van der Waals surface area contributed by atoms with Crippen molar-refractivity contribution < 1.29 is 9.59 Å². The number of hydrogen-bond acceptors (Lipinski definition) is 3. The van der Waals surface area contributed by atoms with Gasteiger partial charge in [0, 0.05) is 23.2 Å². The molecule has 0 aliphatic heterocycles. The van der Waals surface area contributed by atoms with Gasteiger partial charge in [-0.05, 0) is 36.8 Å². The summed E-state index contributed by atoms with van der Waals surface area (Å²) in [6, 6.07) is 7.22. The van der Waals surface area contributed by atoms with Crippen molar-refractivity contribution in [2.24, 2.45) is 5.41 Å². The average molecular weight is 350 g/mol. The molecule has 0 fully saturated rings. The maximum absolute atomic E-state index is 12.0. The third-order valence-electron chi connectivity index (χ3n) is 3.32. The third kappa shape index (κ3) is 7.55. The van der Waals surface area contributed by atoms with Crippen LogP contribution in [0.3, 0.4) is 0 Å². The molecule has 0 aromatic heterocycles. The molecule has 0 unspecified atom stereocenters. The fraction of sp³-hybridized carbons (Fsp3) is 0.500. The van der Waals surface area contributed by atoms with Gasteiger partial charge < -0.3 is 16.0 Å². The first kappa shape index (κ1) is 20.1. The van der Waals surface area contributed by atoms with Crippen molar-refractivity contribution in [3.63, 3.8) is 0 Å². The van der Waals surface area contributed by atoms with E-state index in [4.69, 9.17) is 12.2 Å². The number of carbonyl (C=O) groups is 2. The SMILES string of the molecule is CCCCCC(=O)NC(=S)Nc1cccc(NC(=O)C(C)(C)C)c1. The molecule has 5 nitrogen and oxygen atoms in total. The molecule has 0 spiro atoms. The molecule has 0 saturated carbocycles. The van der Waals surface area contributed by atoms with Gasteiger partial charge in [-0.25, -0.2) is 0 Å². The van der Waals surface area contributed by atoms with Crippen LogP contribution in [0.4, 0.5) is 11.4 Å². The Balaban J connectivity index is 2.56. The topological polar surface area (TPSA) is 70.2 Å². The van der Waals surface area contributed by atoms with Gasteiger partial charge in [0.15, 0.2) is 5.11 Å². The molecule has 0 atom stereocenters. The van der Waals surface area contributed by atoms with E-state index in [0.29, 0.717) is 17.8 Å². The van der Waals surface area contributed by atoms with Gasteiger partial charge in [0.2, 0.25) is 11.8 Å². The van der Waals surface area contributed by atoms with Crippen LogP contribution in [-0.2, 0) is 9.59 Å². The van der Waals surface area contributed by atoms with Crippen molar-refractivity contribution in [3.8, 4) is 0 Å². The highest BCUT2D eigenvalue weighted by Gasteiger charge is 2.21. The van der Waals surface area contributed by atoms with Crippen LogP contribution >= 0.6 is 12.2 Å². The summed E-state index contributed by atoms with van der Waals surface area (Å²) in [5, 5.41) is 8.75. The Morgan fingerprint density at radius 1 is 1.08 bits per heavy atom. The number of benzene rings is 1. The van der Waals surface area contributed by atoms with Crippen molar-refractivity contribution in [3.05, 3.63) is 24.3 Å². The van der Waals surface area contributed by atoms with Crippen LogP contribution in [-0.4, -0.2) is 16.9 Å². The van der Waals surface area contributed by atoms with Crippen LogP contribution in [0.1, 0.15) is 53.4 Å². The summed E-state index contributed by atoms with van der Waals surface area (Å²) in [6.07, 6.45) is 3.43. The van der Waals surface area contributed by atoms with E-state index in [1.54, 1.807) is 12.1 Å². The van der Waals surface area contributed by atoms with E-state index in [0.717, 1.165) is 19.3 Å². The standard InChI is InChI=1S/C18H27N3O2S/c1-5-6-7-11-15(22)21-17(24)20-14-10-8-9-13(12-14)19-16(23)18(2,3)4/h8-10,12H,5-7,11H2,1-4H3,(H,19,23)(H2,20,21,22,24). The van der Waals surface area contributed by atoms with Crippen molar-refractivity contribution in [1.82, 2.24) is 5.32 Å². The predicted octanol–water partition coefficient (Wildman–Crippen LogP) is 4.06. The van der Waals surface area contributed by atoms with Crippen molar-refractivity contribution >= 4 is 40.5 Å². The van der Waals surface area contributed by atoms with E-state index in [-0.39, 0.29) is 16.9 Å². The molecule has 0 radical (unpaired) electrons. The minimum absolute atomic E-state index is 0.0635. The van der Waals surface area contributed by atoms with Crippen molar-refractivity contribution in [2.45, 2.75) is 53.4 Å². The zero-order chi connectivity index (χ0) is 18.2. The lowest BCUT2D eigenvalue weighted by molar-refractivity contribution is -0.123. The van der Waals surface area contributed by atoms with Crippen LogP contribution in [0.15, 0.2) is 24.3 Å². The first-order valence-electron chi connectivity index (χ1n) is 8.24. The molecule has 24 heavy (non-hydrogen) atoms. The van der Waals surface area contributed by atoms with Gasteiger partial charge in [-0.3, -0.25) is 9.59 Å². The second kappa shape index (κ2) is 9.37. The second-order valence-corrected chi connectivity index (χ2v) is 7.15. The Morgan fingerprint density at radius 3 is 2.29 bits per heavy atom. The fourth-order valence-corrected chi connectivity index (χ4v) is 2.11. The highest BCUT2D eigenvalue weighted by Crippen LogP contribution is 2.20. The lowest BCUT2D eigenvalue weighted by Gasteiger charge is -2.18. The summed E-state index contributed by atoms with van der Waals surface area (Å²) in [5.41, 5.74) is 0.920. The van der Waals surface area contributed by atoms with Gasteiger partial charge in [-0.2, -0.15) is 0 Å². The Bertz CT molecular complexity index is 594. The highest BCUT2D eigenvalue weighted by atomic mass is 32.1. The number of nitrogens with one attached hydrogen (secondary N) is 3. The minimum atomic E-state index is -0.467. The van der Waals surface area contributed by atoms with Crippen LogP contribution in [0, 0.1) is 5.41 Å². The first-order chi connectivity index (χ1) is 11.2. The Labute approximate surface area is 149 Å². The van der Waals surface area contributed by atoms with Gasteiger partial charge in [0.1, 0.15) is 0 Å². The second-order valence-electron chi connectivity index (χ2n) is 6.74. The smallest absolute Gasteiger partial charge is 0.229 e. The summed E-state index contributed by atoms with van der Waals surface area (Å²) >= 11 is 5.15. The molecular formula is C18H27N3O2S. The van der Waals surface area contributed by atoms with Gasteiger partial charge in [0.25, 0.3) is 0 Å². The lowest BCUT2D eigenvalue weighted by atomic mass is 9.95. The fourth-order valence-electron chi connectivity index (χ4n) is 1.88. The van der Waals surface area contributed by atoms with Crippen molar-refractivity contribution in [1.29, 1.82) is 0 Å². The van der Waals surface area contributed by atoms with E-state index in [1.165, 1.54) is 0 Å². The molecule has 0 aliphatic carbocycles. The summed E-state index contributed by atoms with van der Waals surface area (Å²) in [5.74, 6) is -0.149. The minimum Gasteiger partial charge on any atom is -0.332 e. The summed E-state index contributed by atoms with van der Waals surface area (Å²) in [6.45, 7) is 7.66. The number of unbranched alkanes of at least 4 members (excludes halogenated alkanes) is 2. The molecule has 0 aliphatic rings. The zero-order valence-electron chi connectivity index (χ0n) is 14.9. The van der Waals surface area contributed by atoms with Crippen LogP contribution in [0.5, 0.6) is 0 Å². The number of hydrogen-bond donors (Lipinski definition) is 3. The Morgan fingerprint density at radius 2 is 1.71 bits per heavy atom. The molecule has 1 aromatic rings. The number of thiocarbonyl (C=S) groups is 1. The number of carbonyl (C=O) groups excluding carboxylic acids is 2. The third-order valence-corrected chi connectivity index (χ3v) is 3.52. The molecular weight excluding hydrogens is 322 g/mol. The van der Waals surface area contributed by atoms with E-state index in [9.17, 15) is 9.59 Å². The maximum atomic E-state index is 12.0. The van der Waals surface area contributed by atoms with Gasteiger partial charge in [-0.1, -0.05) is 46.6 Å². The van der Waals surface area contributed by atoms with Crippen LogP contribution in [0.2, 0.25) is 0 Å². The van der Waals surface area contributed by atoms with Gasteiger partial charge in [0.05, 0.1) is 0 Å². The summed E-state index contributed by atoms with van der Waals surface area (Å²) in [4.78, 5) is 23.8. The average Bonchev–Trinajstić information content (AvgIpc) is 2.46. The maximum Gasteiger partial charge on any atom is 0.229 e. The summed E-state index contributed by atoms with van der Waals surface area (Å²) < 4.78 is 0. The number of anilines is 2. The predicted molar refractivity (Wildman–Crippen MR) is 103 cm³/mol. The van der Waals surface area contributed by atoms with Crippen LogP contribution < -0.4 is 16.0 Å². The van der Waals surface area contributed by atoms with E-state index in [1.807, 2.05) is 32.9 Å². The molecule has 1 aromatic carbocycles. The summed E-state index contributed by atoms with van der Waals surface area (Å²) in [7, 11) is 0. The number of rotatable bonds is 6. The molecule has 132 valence electrons. The molecule has 2 amide bonds. The van der Waals surface area contributed by atoms with Crippen LogP contribution in [0.25, 0.3) is 0 Å². The highest BCUT2D eigenvalue weighted by molar-refractivity contribution is 7.80. The Kier molecular flexibility index (Phi) is 7.85. The molecule has 0 heterocycles.